The number of fused-ring (bicyclic) bond motifs is 1. The van der Waals surface area contributed by atoms with Crippen molar-refractivity contribution in [2.75, 3.05) is 43.5 Å². The smallest absolute Gasteiger partial charge is 0.257 e. The molecule has 6 nitrogen and oxygen atoms in total. The number of pyridine rings is 1. The Kier molecular flexibility index (Phi) is 4.61. The van der Waals surface area contributed by atoms with Crippen molar-refractivity contribution >= 4 is 17.4 Å². The van der Waals surface area contributed by atoms with Crippen LogP contribution >= 0.6 is 0 Å². The first-order chi connectivity index (χ1) is 12.6. The standard InChI is InChI=1S/C20H24N4O2/c1-14-3-6-16(7-4-14)22-20(25)15-5-8-19(21-11-15)24-12-17-18(13-24)26-10-9-23(17)2/h3-8,11,17-18H,9-10,12-13H2,1-2H3,(H,22,25). The van der Waals surface area contributed by atoms with Gasteiger partial charge in [0.1, 0.15) is 5.82 Å². The molecule has 1 aromatic carbocycles. The van der Waals surface area contributed by atoms with E-state index in [9.17, 15) is 4.79 Å². The van der Waals surface area contributed by atoms with Crippen LogP contribution in [0.4, 0.5) is 11.5 Å². The molecule has 6 heteroatoms. The average molecular weight is 352 g/mol. The molecule has 0 bridgehead atoms. The number of ether oxygens (including phenoxy) is 1. The number of rotatable bonds is 3. The van der Waals surface area contributed by atoms with Gasteiger partial charge < -0.3 is 15.0 Å². The highest BCUT2D eigenvalue weighted by atomic mass is 16.5. The van der Waals surface area contributed by atoms with Crippen LogP contribution in [-0.4, -0.2) is 61.2 Å². The Morgan fingerprint density at radius 1 is 1.19 bits per heavy atom. The summed E-state index contributed by atoms with van der Waals surface area (Å²) in [7, 11) is 2.15. The van der Waals surface area contributed by atoms with Crippen molar-refractivity contribution < 1.29 is 9.53 Å². The molecule has 2 atom stereocenters. The first kappa shape index (κ1) is 17.0. The van der Waals surface area contributed by atoms with Gasteiger partial charge in [-0.05, 0) is 38.2 Å². The molecule has 1 aromatic heterocycles. The van der Waals surface area contributed by atoms with Crippen molar-refractivity contribution in [1.29, 1.82) is 0 Å². The Labute approximate surface area is 153 Å². The number of benzene rings is 1. The summed E-state index contributed by atoms with van der Waals surface area (Å²) in [6, 6.07) is 11.9. The number of carbonyl (C=O) groups is 1. The van der Waals surface area contributed by atoms with Gasteiger partial charge in [0.25, 0.3) is 5.91 Å². The zero-order chi connectivity index (χ0) is 18.1. The molecule has 0 spiro atoms. The minimum atomic E-state index is -0.147. The maximum absolute atomic E-state index is 12.4. The predicted octanol–water partition coefficient (Wildman–Crippen LogP) is 2.16. The van der Waals surface area contributed by atoms with Gasteiger partial charge in [-0.1, -0.05) is 17.7 Å². The Morgan fingerprint density at radius 2 is 2.00 bits per heavy atom. The second-order valence-electron chi connectivity index (χ2n) is 7.09. The summed E-state index contributed by atoms with van der Waals surface area (Å²) in [6.45, 7) is 5.53. The Balaban J connectivity index is 1.42. The molecule has 0 saturated carbocycles. The number of likely N-dealkylation sites (N-methyl/N-ethyl adjacent to an activating group) is 1. The SMILES string of the molecule is Cc1ccc(NC(=O)c2ccc(N3CC4OCCN(C)C4C3)nc2)cc1. The van der Waals surface area contributed by atoms with Crippen LogP contribution < -0.4 is 10.2 Å². The summed E-state index contributed by atoms with van der Waals surface area (Å²) in [4.78, 5) is 21.5. The van der Waals surface area contributed by atoms with E-state index in [1.807, 2.05) is 43.3 Å². The molecule has 0 aliphatic carbocycles. The minimum absolute atomic E-state index is 0.147. The lowest BCUT2D eigenvalue weighted by atomic mass is 10.1. The van der Waals surface area contributed by atoms with Gasteiger partial charge in [-0.2, -0.15) is 0 Å². The summed E-state index contributed by atoms with van der Waals surface area (Å²) < 4.78 is 5.89. The third kappa shape index (κ3) is 3.43. The minimum Gasteiger partial charge on any atom is -0.373 e. The highest BCUT2D eigenvalue weighted by Gasteiger charge is 2.38. The van der Waals surface area contributed by atoms with Crippen molar-refractivity contribution in [3.05, 3.63) is 53.7 Å². The van der Waals surface area contributed by atoms with Gasteiger partial charge in [0.2, 0.25) is 0 Å². The summed E-state index contributed by atoms with van der Waals surface area (Å²) in [5, 5.41) is 2.90. The largest absolute Gasteiger partial charge is 0.373 e. The second kappa shape index (κ2) is 7.05. The molecule has 2 aromatic rings. The van der Waals surface area contributed by atoms with E-state index in [2.05, 4.69) is 27.1 Å². The molecule has 136 valence electrons. The number of aryl methyl sites for hydroxylation is 1. The van der Waals surface area contributed by atoms with Crippen LogP contribution in [0.15, 0.2) is 42.6 Å². The molecule has 4 rings (SSSR count). The van der Waals surface area contributed by atoms with Crippen LogP contribution in [0, 0.1) is 6.92 Å². The fourth-order valence-corrected chi connectivity index (χ4v) is 3.59. The fraction of sp³-hybridized carbons (Fsp3) is 0.400. The van der Waals surface area contributed by atoms with Gasteiger partial charge in [-0.15, -0.1) is 0 Å². The van der Waals surface area contributed by atoms with E-state index in [4.69, 9.17) is 4.74 Å². The van der Waals surface area contributed by atoms with Crippen LogP contribution in [0.2, 0.25) is 0 Å². The number of nitrogens with one attached hydrogen (secondary N) is 1. The Hall–Kier alpha value is -2.44. The number of morpholine rings is 1. The van der Waals surface area contributed by atoms with E-state index in [1.165, 1.54) is 0 Å². The topological polar surface area (TPSA) is 57.7 Å². The van der Waals surface area contributed by atoms with Crippen LogP contribution in [0.5, 0.6) is 0 Å². The number of hydrogen-bond donors (Lipinski definition) is 1. The molecule has 2 unspecified atom stereocenters. The predicted molar refractivity (Wildman–Crippen MR) is 102 cm³/mol. The first-order valence-corrected chi connectivity index (χ1v) is 9.01. The maximum Gasteiger partial charge on any atom is 0.257 e. The van der Waals surface area contributed by atoms with Crippen LogP contribution in [0.3, 0.4) is 0 Å². The maximum atomic E-state index is 12.4. The number of carbonyl (C=O) groups excluding carboxylic acids is 1. The molecule has 3 heterocycles. The van der Waals surface area contributed by atoms with Crippen molar-refractivity contribution in [2.45, 2.75) is 19.1 Å². The third-order valence-corrected chi connectivity index (χ3v) is 5.22. The fourth-order valence-electron chi connectivity index (χ4n) is 3.59. The van der Waals surface area contributed by atoms with Gasteiger partial charge in [-0.3, -0.25) is 9.69 Å². The van der Waals surface area contributed by atoms with Gasteiger partial charge in [0.15, 0.2) is 0 Å². The van der Waals surface area contributed by atoms with Gasteiger partial charge in [0.05, 0.1) is 24.3 Å². The van der Waals surface area contributed by atoms with E-state index in [-0.39, 0.29) is 12.0 Å². The summed E-state index contributed by atoms with van der Waals surface area (Å²) >= 11 is 0. The van der Waals surface area contributed by atoms with Crippen molar-refractivity contribution in [3.8, 4) is 0 Å². The normalized spacial score (nSPS) is 22.9. The lowest BCUT2D eigenvalue weighted by Gasteiger charge is -2.33. The molecule has 1 N–H and O–H groups in total. The van der Waals surface area contributed by atoms with E-state index in [0.29, 0.717) is 11.6 Å². The van der Waals surface area contributed by atoms with E-state index < -0.39 is 0 Å². The molecule has 1 amide bonds. The molecule has 2 fully saturated rings. The summed E-state index contributed by atoms with van der Waals surface area (Å²) in [6.07, 6.45) is 1.88. The van der Waals surface area contributed by atoms with Gasteiger partial charge in [0, 0.05) is 31.5 Å². The van der Waals surface area contributed by atoms with Gasteiger partial charge >= 0.3 is 0 Å². The number of anilines is 2. The Bertz CT molecular complexity index is 775. The highest BCUT2D eigenvalue weighted by molar-refractivity contribution is 6.04. The second-order valence-corrected chi connectivity index (χ2v) is 7.09. The number of nitrogens with zero attached hydrogens (tertiary/aromatic N) is 3. The number of hydrogen-bond acceptors (Lipinski definition) is 5. The average Bonchev–Trinajstić information content (AvgIpc) is 3.09. The molecular weight excluding hydrogens is 328 g/mol. The van der Waals surface area contributed by atoms with Crippen LogP contribution in [0.1, 0.15) is 15.9 Å². The van der Waals surface area contributed by atoms with Crippen molar-refractivity contribution in [1.82, 2.24) is 9.88 Å². The van der Waals surface area contributed by atoms with E-state index in [1.54, 1.807) is 6.20 Å². The quantitative estimate of drug-likeness (QED) is 0.917. The zero-order valence-corrected chi connectivity index (χ0v) is 15.2. The lowest BCUT2D eigenvalue weighted by molar-refractivity contribution is -0.0362. The molecule has 2 saturated heterocycles. The number of aromatic nitrogens is 1. The molecular formula is C20H24N4O2. The highest BCUT2D eigenvalue weighted by Crippen LogP contribution is 2.25. The Morgan fingerprint density at radius 3 is 2.69 bits per heavy atom. The number of amides is 1. The summed E-state index contributed by atoms with van der Waals surface area (Å²) in [5.74, 6) is 0.745. The molecule has 0 radical (unpaired) electrons. The monoisotopic (exact) mass is 352 g/mol. The van der Waals surface area contributed by atoms with Crippen molar-refractivity contribution in [3.63, 3.8) is 0 Å². The zero-order valence-electron chi connectivity index (χ0n) is 15.2. The van der Waals surface area contributed by atoms with E-state index >= 15 is 0 Å². The molecule has 26 heavy (non-hydrogen) atoms. The first-order valence-electron chi connectivity index (χ1n) is 9.01. The third-order valence-electron chi connectivity index (χ3n) is 5.22. The lowest BCUT2D eigenvalue weighted by Crippen LogP contribution is -2.48. The molecule has 2 aliphatic rings. The van der Waals surface area contributed by atoms with E-state index in [0.717, 1.165) is 43.3 Å². The molecule has 2 aliphatic heterocycles. The van der Waals surface area contributed by atoms with Crippen LogP contribution in [-0.2, 0) is 4.74 Å². The van der Waals surface area contributed by atoms with Gasteiger partial charge in [-0.25, -0.2) is 4.98 Å². The van der Waals surface area contributed by atoms with Crippen molar-refractivity contribution in [2.24, 2.45) is 0 Å². The summed E-state index contributed by atoms with van der Waals surface area (Å²) in [5.41, 5.74) is 2.50. The van der Waals surface area contributed by atoms with Crippen LogP contribution in [0.25, 0.3) is 0 Å².